The molecule has 0 aromatic heterocycles. The Balaban J connectivity index is 1.96. The molecule has 0 aliphatic carbocycles. The van der Waals surface area contributed by atoms with Gasteiger partial charge in [-0.15, -0.1) is 0 Å². The highest BCUT2D eigenvalue weighted by molar-refractivity contribution is 9.09. The molecule has 0 nitrogen and oxygen atoms in total. The van der Waals surface area contributed by atoms with E-state index in [9.17, 15) is 0 Å². The zero-order chi connectivity index (χ0) is 6.97. The number of thioether (sulfide) groups is 1. The number of hydrogen-bond donors (Lipinski definition) is 0. The molecule has 0 spiro atoms. The van der Waals surface area contributed by atoms with Crippen molar-refractivity contribution in [1.82, 2.24) is 0 Å². The first-order chi connectivity index (χ1) is 4.88. The maximum absolute atomic E-state index is 3.58. The van der Waals surface area contributed by atoms with E-state index in [-0.39, 0.29) is 0 Å². The molecule has 2 aliphatic rings. The molecule has 2 unspecified atom stereocenters. The normalized spacial score (nSPS) is 45.9. The first-order valence-corrected chi connectivity index (χ1v) is 6.16. The Bertz CT molecular complexity index is 114. The van der Waals surface area contributed by atoms with E-state index in [1.54, 1.807) is 0 Å². The molecule has 2 saturated heterocycles. The van der Waals surface area contributed by atoms with Gasteiger partial charge in [0.25, 0.3) is 0 Å². The molecule has 2 rings (SSSR count). The fraction of sp³-hybridized carbons (Fsp3) is 1.00. The number of halogens is 1. The van der Waals surface area contributed by atoms with Gasteiger partial charge in [-0.05, 0) is 31.6 Å². The van der Waals surface area contributed by atoms with Crippen LogP contribution >= 0.6 is 27.7 Å². The van der Waals surface area contributed by atoms with Crippen LogP contribution < -0.4 is 0 Å². The van der Waals surface area contributed by atoms with Crippen molar-refractivity contribution >= 4 is 27.7 Å². The third kappa shape index (κ3) is 1.38. The predicted molar refractivity (Wildman–Crippen MR) is 50.9 cm³/mol. The molecule has 10 heavy (non-hydrogen) atoms. The van der Waals surface area contributed by atoms with E-state index in [4.69, 9.17) is 0 Å². The van der Waals surface area contributed by atoms with Crippen molar-refractivity contribution in [3.05, 3.63) is 0 Å². The Hall–Kier alpha value is 0.830. The lowest BCUT2D eigenvalue weighted by Gasteiger charge is -2.25. The van der Waals surface area contributed by atoms with Crippen LogP contribution in [0.25, 0.3) is 0 Å². The van der Waals surface area contributed by atoms with Crippen LogP contribution in [-0.2, 0) is 0 Å². The molecule has 0 aromatic carbocycles. The van der Waals surface area contributed by atoms with Crippen LogP contribution in [0.3, 0.4) is 0 Å². The van der Waals surface area contributed by atoms with Gasteiger partial charge in [0.1, 0.15) is 0 Å². The lowest BCUT2D eigenvalue weighted by molar-refractivity contribution is 0.508. The molecule has 0 aromatic rings. The summed E-state index contributed by atoms with van der Waals surface area (Å²) in [6.07, 6.45) is 5.95. The van der Waals surface area contributed by atoms with Gasteiger partial charge in [0, 0.05) is 15.8 Å². The summed E-state index contributed by atoms with van der Waals surface area (Å²) in [5.41, 5.74) is 0. The number of rotatable bonds is 1. The Kier molecular flexibility index (Phi) is 2.29. The Labute approximate surface area is 75.3 Å². The standard InChI is InChI=1S/C8H13BrS/c9-5-6-3-7-1-2-8(4-6)10-7/h6-8H,1-5H2. The fourth-order valence-corrected chi connectivity index (χ4v) is 4.48. The predicted octanol–water partition coefficient (Wildman–Crippen LogP) is 3.06. The summed E-state index contributed by atoms with van der Waals surface area (Å²) in [6, 6.07) is 0. The summed E-state index contributed by atoms with van der Waals surface area (Å²) in [7, 11) is 0. The second kappa shape index (κ2) is 3.06. The topological polar surface area (TPSA) is 0 Å². The molecule has 2 atom stereocenters. The lowest BCUT2D eigenvalue weighted by Crippen LogP contribution is -2.17. The highest BCUT2D eigenvalue weighted by atomic mass is 79.9. The van der Waals surface area contributed by atoms with Gasteiger partial charge in [-0.2, -0.15) is 11.8 Å². The van der Waals surface area contributed by atoms with Gasteiger partial charge in [-0.1, -0.05) is 15.9 Å². The van der Waals surface area contributed by atoms with E-state index in [0.29, 0.717) is 0 Å². The second-order valence-corrected chi connectivity index (χ2v) is 5.70. The van der Waals surface area contributed by atoms with E-state index in [1.807, 2.05) is 0 Å². The van der Waals surface area contributed by atoms with Crippen LogP contribution in [0.2, 0.25) is 0 Å². The Morgan fingerprint density at radius 2 is 1.80 bits per heavy atom. The quantitative estimate of drug-likeness (QED) is 0.613. The van der Waals surface area contributed by atoms with Crippen LogP contribution in [0.1, 0.15) is 25.7 Å². The van der Waals surface area contributed by atoms with Gasteiger partial charge < -0.3 is 0 Å². The van der Waals surface area contributed by atoms with Crippen LogP contribution in [0.15, 0.2) is 0 Å². The van der Waals surface area contributed by atoms with E-state index in [2.05, 4.69) is 27.7 Å². The lowest BCUT2D eigenvalue weighted by atomic mass is 10.0. The Morgan fingerprint density at radius 1 is 1.20 bits per heavy atom. The SMILES string of the molecule is BrCC1CC2CCC(C1)S2. The number of alkyl halides is 1. The zero-order valence-corrected chi connectivity index (χ0v) is 8.46. The summed E-state index contributed by atoms with van der Waals surface area (Å²) >= 11 is 5.84. The first-order valence-electron chi connectivity index (χ1n) is 4.10. The van der Waals surface area contributed by atoms with Gasteiger partial charge in [0.2, 0.25) is 0 Å². The number of fused-ring (bicyclic) bond motifs is 2. The average Bonchev–Trinajstić information content (AvgIpc) is 2.30. The smallest absolute Gasteiger partial charge is 0.00604 e. The van der Waals surface area contributed by atoms with Crippen LogP contribution in [0, 0.1) is 5.92 Å². The van der Waals surface area contributed by atoms with Crippen molar-refractivity contribution < 1.29 is 0 Å². The molecule has 58 valence electrons. The third-order valence-electron chi connectivity index (χ3n) is 2.61. The largest absolute Gasteiger partial charge is 0.155 e. The van der Waals surface area contributed by atoms with Crippen LogP contribution in [-0.4, -0.2) is 15.8 Å². The van der Waals surface area contributed by atoms with E-state index in [1.165, 1.54) is 31.0 Å². The van der Waals surface area contributed by atoms with Gasteiger partial charge in [0.05, 0.1) is 0 Å². The summed E-state index contributed by atoms with van der Waals surface area (Å²) in [6.45, 7) is 0. The van der Waals surface area contributed by atoms with E-state index < -0.39 is 0 Å². The summed E-state index contributed by atoms with van der Waals surface area (Å²) in [5.74, 6) is 0.999. The first kappa shape index (κ1) is 7.48. The zero-order valence-electron chi connectivity index (χ0n) is 6.05. The molecular formula is C8H13BrS. The van der Waals surface area contributed by atoms with Crippen molar-refractivity contribution in [2.24, 2.45) is 5.92 Å². The van der Waals surface area contributed by atoms with E-state index >= 15 is 0 Å². The van der Waals surface area contributed by atoms with Crippen molar-refractivity contribution in [3.63, 3.8) is 0 Å². The molecule has 0 saturated carbocycles. The summed E-state index contributed by atoms with van der Waals surface area (Å²) in [4.78, 5) is 0. The third-order valence-corrected chi connectivity index (χ3v) is 5.15. The van der Waals surface area contributed by atoms with Crippen molar-refractivity contribution in [2.75, 3.05) is 5.33 Å². The minimum Gasteiger partial charge on any atom is -0.155 e. The average molecular weight is 221 g/mol. The van der Waals surface area contributed by atoms with Gasteiger partial charge in [-0.25, -0.2) is 0 Å². The molecule has 0 radical (unpaired) electrons. The molecule has 0 amide bonds. The van der Waals surface area contributed by atoms with Gasteiger partial charge in [-0.3, -0.25) is 0 Å². The molecular weight excluding hydrogens is 208 g/mol. The second-order valence-electron chi connectivity index (χ2n) is 3.45. The van der Waals surface area contributed by atoms with Crippen LogP contribution in [0.5, 0.6) is 0 Å². The minimum atomic E-state index is 0.999. The van der Waals surface area contributed by atoms with Gasteiger partial charge in [0.15, 0.2) is 0 Å². The van der Waals surface area contributed by atoms with Crippen molar-refractivity contribution in [2.45, 2.75) is 36.2 Å². The molecule has 0 N–H and O–H groups in total. The van der Waals surface area contributed by atoms with Crippen molar-refractivity contribution in [1.29, 1.82) is 0 Å². The van der Waals surface area contributed by atoms with Gasteiger partial charge >= 0.3 is 0 Å². The molecule has 2 aliphatic heterocycles. The summed E-state index contributed by atoms with van der Waals surface area (Å²) < 4.78 is 0. The Morgan fingerprint density at radius 3 is 2.30 bits per heavy atom. The molecule has 2 heteroatoms. The number of hydrogen-bond acceptors (Lipinski definition) is 1. The van der Waals surface area contributed by atoms with Crippen LogP contribution in [0.4, 0.5) is 0 Å². The maximum Gasteiger partial charge on any atom is 0.00604 e. The van der Waals surface area contributed by atoms with Crippen molar-refractivity contribution in [3.8, 4) is 0 Å². The highest BCUT2D eigenvalue weighted by Crippen LogP contribution is 2.46. The summed E-state index contributed by atoms with van der Waals surface area (Å²) in [5, 5.41) is 3.29. The molecule has 2 heterocycles. The maximum atomic E-state index is 3.58. The molecule has 2 bridgehead atoms. The van der Waals surface area contributed by atoms with E-state index in [0.717, 1.165) is 16.4 Å². The molecule has 2 fully saturated rings. The monoisotopic (exact) mass is 220 g/mol. The highest BCUT2D eigenvalue weighted by Gasteiger charge is 2.33. The fourth-order valence-electron chi connectivity index (χ4n) is 2.09. The minimum absolute atomic E-state index is 0.999.